The molecule has 0 aliphatic rings. The smallest absolute Gasteiger partial charge is 0.317 e. The topological polar surface area (TPSA) is 91.5 Å². The molecule has 8 heteroatoms. The maximum atomic E-state index is 11.2. The van der Waals surface area contributed by atoms with Crippen molar-refractivity contribution in [3.63, 3.8) is 0 Å². The first-order chi connectivity index (χ1) is 13.8. The van der Waals surface area contributed by atoms with Gasteiger partial charge in [-0.3, -0.25) is 5.32 Å². The van der Waals surface area contributed by atoms with Crippen molar-refractivity contribution >= 4 is 41.0 Å². The molecule has 0 bridgehead atoms. The molecule has 0 aliphatic carbocycles. The van der Waals surface area contributed by atoms with Crippen LogP contribution in [0, 0.1) is 6.92 Å². The third kappa shape index (κ3) is 8.06. The minimum atomic E-state index is -0.663. The second-order valence-electron chi connectivity index (χ2n) is 6.01. The zero-order valence-electron chi connectivity index (χ0n) is 17.5. The van der Waals surface area contributed by atoms with Crippen LogP contribution in [0.1, 0.15) is 50.3 Å². The number of aryl methyl sites for hydroxylation is 1. The van der Waals surface area contributed by atoms with Gasteiger partial charge in [0.15, 0.2) is 0 Å². The van der Waals surface area contributed by atoms with Crippen molar-refractivity contribution in [3.8, 4) is 0 Å². The molecule has 6 nitrogen and oxygen atoms in total. The molecule has 158 valence electrons. The molecule has 0 atom stereocenters. The Kier molecular flexibility index (Phi) is 10.8. The van der Waals surface area contributed by atoms with Crippen LogP contribution in [0.4, 0.5) is 10.6 Å². The van der Waals surface area contributed by atoms with Gasteiger partial charge >= 0.3 is 6.03 Å². The molecule has 1 aromatic heterocycles. The number of hydrogen-bond acceptors (Lipinski definition) is 5. The summed E-state index contributed by atoms with van der Waals surface area (Å²) in [5, 5.41) is 12.6. The zero-order chi connectivity index (χ0) is 22.0. The first-order valence-electron chi connectivity index (χ1n) is 9.45. The Labute approximate surface area is 182 Å². The molecule has 0 saturated carbocycles. The van der Waals surface area contributed by atoms with Gasteiger partial charge in [0, 0.05) is 23.2 Å². The van der Waals surface area contributed by atoms with Gasteiger partial charge in [-0.25, -0.2) is 9.78 Å². The Morgan fingerprint density at radius 1 is 1.34 bits per heavy atom. The molecular formula is C21H29ClN4O2S. The second kappa shape index (κ2) is 12.5. The zero-order valence-corrected chi connectivity index (χ0v) is 19.1. The van der Waals surface area contributed by atoms with Crippen molar-refractivity contribution in [2.45, 2.75) is 45.4 Å². The molecule has 0 spiro atoms. The minimum absolute atomic E-state index is 0.386. The van der Waals surface area contributed by atoms with E-state index in [9.17, 15) is 10.0 Å². The van der Waals surface area contributed by atoms with Crippen molar-refractivity contribution in [1.29, 1.82) is 0 Å². The maximum absolute atomic E-state index is 11.2. The molecule has 2 rings (SSSR count). The minimum Gasteiger partial charge on any atom is -0.351 e. The molecule has 2 amide bonds. The molecule has 29 heavy (non-hydrogen) atoms. The molecule has 1 heterocycles. The highest BCUT2D eigenvalue weighted by Gasteiger charge is 2.13. The number of urea groups is 1. The predicted molar refractivity (Wildman–Crippen MR) is 122 cm³/mol. The van der Waals surface area contributed by atoms with Crippen molar-refractivity contribution < 1.29 is 10.0 Å². The lowest BCUT2D eigenvalue weighted by atomic mass is 9.94. The average Bonchev–Trinajstić information content (AvgIpc) is 2.64. The number of halogens is 1. The molecule has 0 aliphatic heterocycles. The van der Waals surface area contributed by atoms with E-state index in [0.29, 0.717) is 10.8 Å². The third-order valence-corrected chi connectivity index (χ3v) is 4.63. The van der Waals surface area contributed by atoms with E-state index in [1.165, 1.54) is 11.9 Å². The number of rotatable bonds is 7. The van der Waals surface area contributed by atoms with Gasteiger partial charge in [-0.1, -0.05) is 44.9 Å². The Morgan fingerprint density at radius 3 is 2.62 bits per heavy atom. The van der Waals surface area contributed by atoms with Gasteiger partial charge in [-0.05, 0) is 71.8 Å². The first kappa shape index (κ1) is 25.0. The van der Waals surface area contributed by atoms with Crippen LogP contribution in [0.2, 0.25) is 5.02 Å². The Balaban J connectivity index is 0.00000204. The normalized spacial score (nSPS) is 11.1. The largest absolute Gasteiger partial charge is 0.351 e. The monoisotopic (exact) mass is 436 g/mol. The van der Waals surface area contributed by atoms with Crippen LogP contribution in [0.3, 0.4) is 0 Å². The third-order valence-electron chi connectivity index (χ3n) is 3.70. The van der Waals surface area contributed by atoms with E-state index in [-0.39, 0.29) is 0 Å². The number of unbranched alkanes of at least 4 members (excludes halogenated alkanes) is 1. The van der Waals surface area contributed by atoms with Gasteiger partial charge in [-0.15, -0.1) is 4.47 Å². The number of carbonyl (C=O) groups is 1. The Bertz CT molecular complexity index is 857. The summed E-state index contributed by atoms with van der Waals surface area (Å²) in [7, 11) is 1.55. The van der Waals surface area contributed by atoms with Gasteiger partial charge in [0.05, 0.1) is 0 Å². The van der Waals surface area contributed by atoms with Crippen molar-refractivity contribution in [3.05, 3.63) is 58.3 Å². The van der Waals surface area contributed by atoms with Crippen LogP contribution in [0.15, 0.2) is 41.4 Å². The maximum Gasteiger partial charge on any atom is 0.317 e. The average molecular weight is 437 g/mol. The standard InChI is InChI=1S/C19H23ClN4O2S.C2H6/c1-4-5-6-16(13-7-14(20)9-15(8-13)27-24(3)26)17-10-18(23-19(21)25)22-11-12(17)2;1-2/h6-11,26H,4-5H2,1-3H3,(H3,21,22,23,25);1-2H3/b16-6-;. The Hall–Kier alpha value is -2.06. The SMILES string of the molecule is CC.CCC/C=C(/c1cc(Cl)cc(SN(C)O)c1)c1cc(NC(N)=O)ncc1C. The number of hydrogen-bond donors (Lipinski definition) is 3. The van der Waals surface area contributed by atoms with E-state index in [2.05, 4.69) is 23.3 Å². The number of benzene rings is 1. The van der Waals surface area contributed by atoms with Crippen molar-refractivity contribution in [2.75, 3.05) is 12.4 Å². The van der Waals surface area contributed by atoms with Gasteiger partial charge in [0.1, 0.15) is 5.82 Å². The van der Waals surface area contributed by atoms with Gasteiger partial charge in [0.25, 0.3) is 0 Å². The van der Waals surface area contributed by atoms with Crippen molar-refractivity contribution in [1.82, 2.24) is 9.45 Å². The number of aromatic nitrogens is 1. The molecule has 1 aromatic carbocycles. The first-order valence-corrected chi connectivity index (χ1v) is 10.6. The van der Waals surface area contributed by atoms with E-state index in [1.54, 1.807) is 25.4 Å². The van der Waals surface area contributed by atoms with Crippen LogP contribution in [-0.2, 0) is 0 Å². The Morgan fingerprint density at radius 2 is 2.03 bits per heavy atom. The quantitative estimate of drug-likeness (QED) is 0.359. The number of allylic oxidation sites excluding steroid dienone is 1. The van der Waals surface area contributed by atoms with E-state index < -0.39 is 6.03 Å². The van der Waals surface area contributed by atoms with Gasteiger partial charge in [0.2, 0.25) is 0 Å². The summed E-state index contributed by atoms with van der Waals surface area (Å²) >= 11 is 7.48. The van der Waals surface area contributed by atoms with E-state index in [4.69, 9.17) is 17.3 Å². The number of amides is 2. The summed E-state index contributed by atoms with van der Waals surface area (Å²) in [6.45, 7) is 8.06. The lowest BCUT2D eigenvalue weighted by Crippen LogP contribution is -2.20. The fourth-order valence-electron chi connectivity index (χ4n) is 2.60. The summed E-state index contributed by atoms with van der Waals surface area (Å²) in [4.78, 5) is 16.2. The second-order valence-corrected chi connectivity index (χ2v) is 7.63. The van der Waals surface area contributed by atoms with Crippen molar-refractivity contribution in [2.24, 2.45) is 5.73 Å². The number of primary amides is 1. The molecule has 0 radical (unpaired) electrons. The van der Waals surface area contributed by atoms with E-state index in [1.807, 2.05) is 32.9 Å². The highest BCUT2D eigenvalue weighted by atomic mass is 35.5. The molecule has 0 unspecified atom stereocenters. The number of nitrogens with one attached hydrogen (secondary N) is 1. The highest BCUT2D eigenvalue weighted by Crippen LogP contribution is 2.33. The lowest BCUT2D eigenvalue weighted by Gasteiger charge is -2.15. The van der Waals surface area contributed by atoms with Crippen LogP contribution in [0.5, 0.6) is 0 Å². The van der Waals surface area contributed by atoms with Crippen LogP contribution >= 0.6 is 23.5 Å². The number of carbonyl (C=O) groups excluding carboxylic acids is 1. The van der Waals surface area contributed by atoms with Gasteiger partial charge in [-0.2, -0.15) is 0 Å². The summed E-state index contributed by atoms with van der Waals surface area (Å²) in [5.41, 5.74) is 9.00. The summed E-state index contributed by atoms with van der Waals surface area (Å²) in [5.74, 6) is 0.386. The van der Waals surface area contributed by atoms with Crippen LogP contribution in [-0.4, -0.2) is 27.7 Å². The molecule has 0 fully saturated rings. The van der Waals surface area contributed by atoms with Crippen LogP contribution < -0.4 is 11.1 Å². The molecule has 4 N–H and O–H groups in total. The lowest BCUT2D eigenvalue weighted by molar-refractivity contribution is 0.0454. The molecule has 2 aromatic rings. The predicted octanol–water partition coefficient (Wildman–Crippen LogP) is 6.12. The summed E-state index contributed by atoms with van der Waals surface area (Å²) in [6.07, 6.45) is 5.70. The molecular weight excluding hydrogens is 408 g/mol. The van der Waals surface area contributed by atoms with E-state index >= 15 is 0 Å². The highest BCUT2D eigenvalue weighted by molar-refractivity contribution is 7.96. The fourth-order valence-corrected chi connectivity index (χ4v) is 3.57. The van der Waals surface area contributed by atoms with E-state index in [0.717, 1.165) is 44.5 Å². The number of hydroxylamine groups is 1. The van der Waals surface area contributed by atoms with Crippen LogP contribution in [0.25, 0.3) is 5.57 Å². The number of pyridine rings is 1. The number of nitrogens with two attached hydrogens (primary N) is 1. The number of nitrogens with zero attached hydrogens (tertiary/aromatic N) is 2. The fraction of sp³-hybridized carbons (Fsp3) is 0.333. The summed E-state index contributed by atoms with van der Waals surface area (Å²) in [6, 6.07) is 6.77. The molecule has 0 saturated heterocycles. The number of anilines is 1. The van der Waals surface area contributed by atoms with Gasteiger partial charge < -0.3 is 10.9 Å². The summed E-state index contributed by atoms with van der Waals surface area (Å²) < 4.78 is 1.03.